The summed E-state index contributed by atoms with van der Waals surface area (Å²) in [5.74, 6) is -10.8. The van der Waals surface area contributed by atoms with E-state index in [9.17, 15) is 27.1 Å². The molecule has 196 valence electrons. The van der Waals surface area contributed by atoms with Gasteiger partial charge in [-0.15, -0.1) is 0 Å². The van der Waals surface area contributed by atoms with Gasteiger partial charge in [0.15, 0.2) is 23.3 Å². The van der Waals surface area contributed by atoms with E-state index in [1.54, 1.807) is 42.5 Å². The van der Waals surface area contributed by atoms with Crippen molar-refractivity contribution in [3.63, 3.8) is 0 Å². The van der Waals surface area contributed by atoms with Crippen LogP contribution in [0.25, 0.3) is 11.1 Å². The Morgan fingerprint density at radius 2 is 1.21 bits per heavy atom. The van der Waals surface area contributed by atoms with Crippen LogP contribution in [0.15, 0.2) is 77.8 Å². The molecule has 10 heteroatoms. The van der Waals surface area contributed by atoms with Gasteiger partial charge in [0.25, 0.3) is 0 Å². The van der Waals surface area contributed by atoms with Gasteiger partial charge in [-0.25, -0.2) is 26.9 Å². The van der Waals surface area contributed by atoms with Crippen LogP contribution in [-0.2, 0) is 26.3 Å². The van der Waals surface area contributed by atoms with Gasteiger partial charge in [-0.05, 0) is 16.7 Å². The van der Waals surface area contributed by atoms with Gasteiger partial charge in [0.1, 0.15) is 11.4 Å². The first kappa shape index (κ1) is 30.0. The Morgan fingerprint density at radius 3 is 1.74 bits per heavy atom. The van der Waals surface area contributed by atoms with Crippen LogP contribution >= 0.6 is 17.0 Å². The first-order valence-electron chi connectivity index (χ1n) is 11.0. The Bertz CT molecular complexity index is 1420. The fourth-order valence-corrected chi connectivity index (χ4v) is 3.96. The molecule has 4 aromatic rings. The molecule has 0 atom stereocenters. The molecule has 0 aliphatic heterocycles. The molecule has 0 aliphatic rings. The van der Waals surface area contributed by atoms with Gasteiger partial charge in [0, 0.05) is 22.8 Å². The number of nitrogens with zero attached hydrogens (tertiary/aromatic N) is 1. The third-order valence-corrected chi connectivity index (χ3v) is 5.98. The molecular weight excluding hydrogens is 623 g/mol. The van der Waals surface area contributed by atoms with Gasteiger partial charge in [-0.3, -0.25) is 0 Å². The van der Waals surface area contributed by atoms with Crippen LogP contribution in [0, 0.1) is 29.1 Å². The monoisotopic (exact) mass is 641 g/mol. The van der Waals surface area contributed by atoms with Crippen molar-refractivity contribution in [2.75, 3.05) is 0 Å². The van der Waals surface area contributed by atoms with Crippen molar-refractivity contribution in [2.24, 2.45) is 4.99 Å². The summed E-state index contributed by atoms with van der Waals surface area (Å²) in [5, 5.41) is 11.3. The van der Waals surface area contributed by atoms with E-state index in [4.69, 9.17) is 17.0 Å². The fourth-order valence-electron chi connectivity index (χ4n) is 3.96. The summed E-state index contributed by atoms with van der Waals surface area (Å²) >= 11 is -0.826. The second-order valence-corrected chi connectivity index (χ2v) is 12.3. The molecule has 0 radical (unpaired) electrons. The van der Waals surface area contributed by atoms with E-state index >= 15 is 0 Å². The molecule has 0 saturated heterocycles. The Morgan fingerprint density at radius 1 is 0.737 bits per heavy atom. The second-order valence-electron chi connectivity index (χ2n) is 8.53. The van der Waals surface area contributed by atoms with Crippen LogP contribution < -0.4 is 0 Å². The molecule has 0 spiro atoms. The Balaban J connectivity index is 0.00000127. The van der Waals surface area contributed by atoms with Crippen molar-refractivity contribution < 1.29 is 47.9 Å². The Kier molecular flexibility index (Phi) is 10.3. The van der Waals surface area contributed by atoms with E-state index in [1.807, 2.05) is 44.2 Å². The molecule has 2 nitrogen and oxygen atoms in total. The Hall–Kier alpha value is -2.54. The zero-order chi connectivity index (χ0) is 28.0. The van der Waals surface area contributed by atoms with Crippen LogP contribution in [0.1, 0.15) is 30.5 Å². The topological polar surface area (TPSA) is 32.6 Å². The van der Waals surface area contributed by atoms with Crippen molar-refractivity contribution in [2.45, 2.75) is 19.3 Å². The summed E-state index contributed by atoms with van der Waals surface area (Å²) < 4.78 is 69.2. The predicted octanol–water partition coefficient (Wildman–Crippen LogP) is 9.21. The summed E-state index contributed by atoms with van der Waals surface area (Å²) in [6.07, 6.45) is 0.917. The van der Waals surface area contributed by atoms with Crippen LogP contribution in [-0.4, -0.2) is 11.3 Å². The van der Waals surface area contributed by atoms with Crippen molar-refractivity contribution >= 4 is 28.9 Å². The van der Waals surface area contributed by atoms with E-state index in [0.717, 1.165) is 11.8 Å². The zero-order valence-electron chi connectivity index (χ0n) is 20.0. The third kappa shape index (κ3) is 6.19. The van der Waals surface area contributed by atoms with Gasteiger partial charge in [-0.1, -0.05) is 86.6 Å². The number of hydrogen-bond donors (Lipinski definition) is 1. The number of hydrogen-bond acceptors (Lipinski definition) is 2. The van der Waals surface area contributed by atoms with Crippen molar-refractivity contribution in [1.29, 1.82) is 0 Å². The minimum atomic E-state index is -2.27. The van der Waals surface area contributed by atoms with E-state index in [1.165, 1.54) is 0 Å². The zero-order valence-corrected chi connectivity index (χ0v) is 24.0. The maximum absolute atomic E-state index is 14.2. The van der Waals surface area contributed by atoms with Crippen molar-refractivity contribution in [3.05, 3.63) is 119 Å². The molecule has 0 unspecified atom stereocenters. The standard InChI is InChI=1S/C28H20F5NO.2ClH.Zr/c1-28(2,17-11-7-4-8-12-17)20-14-13-18(16-9-5-3-6-10-16)19(27(20)35)15-34-26-24(32)22(30)21(29)23(31)25(26)33;;;/h3-15,35H,1-2H3;2*1H;/q;;;+2/p-2. The van der Waals surface area contributed by atoms with Crippen molar-refractivity contribution in [1.82, 2.24) is 0 Å². The van der Waals surface area contributed by atoms with Gasteiger partial charge in [0.05, 0.1) is 0 Å². The number of halogens is 7. The van der Waals surface area contributed by atoms with E-state index in [-0.39, 0.29) is 11.3 Å². The molecule has 0 saturated carbocycles. The Labute approximate surface area is 235 Å². The number of benzene rings is 4. The maximum atomic E-state index is 14.2. The molecule has 0 bridgehead atoms. The molecular formula is C28H20Cl2F5NOZr. The number of aliphatic imine (C=N–C) groups is 1. The summed E-state index contributed by atoms with van der Waals surface area (Å²) in [7, 11) is 9.87. The summed E-state index contributed by atoms with van der Waals surface area (Å²) in [5.41, 5.74) is 0.546. The van der Waals surface area contributed by atoms with Gasteiger partial charge in [-0.2, -0.15) is 0 Å². The average molecular weight is 644 g/mol. The van der Waals surface area contributed by atoms with Crippen LogP contribution in [0.4, 0.5) is 27.6 Å². The van der Waals surface area contributed by atoms with E-state index in [2.05, 4.69) is 4.99 Å². The predicted molar refractivity (Wildman–Crippen MR) is 137 cm³/mol. The molecule has 1 N–H and O–H groups in total. The third-order valence-electron chi connectivity index (χ3n) is 5.98. The molecule has 4 rings (SSSR count). The van der Waals surface area contributed by atoms with Gasteiger partial charge < -0.3 is 5.11 Å². The molecule has 0 aromatic heterocycles. The molecule has 0 amide bonds. The SMILES string of the molecule is CC(C)(c1ccccc1)c1ccc(-c2ccccc2)c(C=Nc2c(F)c(F)c(F)c(F)c2F)c1O.[Cl][Zr][Cl]. The van der Waals surface area contributed by atoms with E-state index < -0.39 is 61.0 Å². The summed E-state index contributed by atoms with van der Waals surface area (Å²) in [4.78, 5) is 3.60. The first-order chi connectivity index (χ1) is 18.1. The number of phenols is 1. The normalized spacial score (nSPS) is 11.3. The molecule has 38 heavy (non-hydrogen) atoms. The van der Waals surface area contributed by atoms with Gasteiger partial charge in [0.2, 0.25) is 5.82 Å². The van der Waals surface area contributed by atoms with Crippen LogP contribution in [0.3, 0.4) is 0 Å². The first-order valence-corrected chi connectivity index (χ1v) is 17.4. The van der Waals surface area contributed by atoms with Crippen LogP contribution in [0.2, 0.25) is 0 Å². The number of aromatic hydroxyl groups is 1. The number of rotatable bonds is 5. The quantitative estimate of drug-likeness (QED) is 0.100. The molecule has 4 aromatic carbocycles. The van der Waals surface area contributed by atoms with E-state index in [0.29, 0.717) is 16.7 Å². The number of phenolic OH excluding ortho intramolecular Hbond substituents is 1. The summed E-state index contributed by atoms with van der Waals surface area (Å²) in [6.45, 7) is 3.79. The minimum absolute atomic E-state index is 0.0710. The second kappa shape index (κ2) is 13.0. The van der Waals surface area contributed by atoms with Gasteiger partial charge >= 0.3 is 37.9 Å². The van der Waals surface area contributed by atoms with Crippen molar-refractivity contribution in [3.8, 4) is 16.9 Å². The molecule has 0 aliphatic carbocycles. The summed E-state index contributed by atoms with van der Waals surface area (Å²) in [6, 6.07) is 21.7. The molecule has 0 heterocycles. The van der Waals surface area contributed by atoms with Crippen LogP contribution in [0.5, 0.6) is 5.75 Å². The molecule has 0 fully saturated rings. The fraction of sp³-hybridized carbons (Fsp3) is 0.107. The average Bonchev–Trinajstić information content (AvgIpc) is 2.92.